The second-order valence-electron chi connectivity index (χ2n) is 7.36. The summed E-state index contributed by atoms with van der Waals surface area (Å²) >= 11 is 0. The molecule has 5 heteroatoms. The number of benzene rings is 1. The van der Waals surface area contributed by atoms with E-state index < -0.39 is 0 Å². The second-order valence-corrected chi connectivity index (χ2v) is 7.36. The van der Waals surface area contributed by atoms with Crippen LogP contribution in [0.5, 0.6) is 5.75 Å². The molecule has 2 aliphatic heterocycles. The quantitative estimate of drug-likeness (QED) is 0.753. The van der Waals surface area contributed by atoms with E-state index in [0.29, 0.717) is 31.3 Å². The Balaban J connectivity index is 1.30. The number of carbonyl (C=O) groups is 2. The molecule has 0 aromatic heterocycles. The average Bonchev–Trinajstić information content (AvgIpc) is 3.22. The van der Waals surface area contributed by atoms with Crippen molar-refractivity contribution in [2.45, 2.75) is 44.9 Å². The number of carbonyl (C=O) groups excluding carboxylic acids is 2. The average molecular weight is 358 g/mol. The smallest absolute Gasteiger partial charge is 0.225 e. The molecule has 2 fully saturated rings. The van der Waals surface area contributed by atoms with Crippen molar-refractivity contribution in [3.05, 3.63) is 30.3 Å². The molecule has 0 atom stereocenters. The van der Waals surface area contributed by atoms with E-state index in [1.165, 1.54) is 0 Å². The molecule has 3 rings (SSSR count). The maximum absolute atomic E-state index is 12.3. The second kappa shape index (κ2) is 9.60. The number of amides is 2. The van der Waals surface area contributed by atoms with Crippen molar-refractivity contribution < 1.29 is 14.3 Å². The summed E-state index contributed by atoms with van der Waals surface area (Å²) in [5.41, 5.74) is 0. The summed E-state index contributed by atoms with van der Waals surface area (Å²) in [5, 5.41) is 0. The minimum absolute atomic E-state index is 0.174. The van der Waals surface area contributed by atoms with Crippen molar-refractivity contribution in [1.82, 2.24) is 9.80 Å². The molecule has 2 saturated heterocycles. The van der Waals surface area contributed by atoms with E-state index in [0.717, 1.165) is 64.0 Å². The topological polar surface area (TPSA) is 49.9 Å². The third-order valence-corrected chi connectivity index (χ3v) is 5.52. The molecule has 26 heavy (non-hydrogen) atoms. The molecule has 142 valence electrons. The Hall–Kier alpha value is -2.04. The van der Waals surface area contributed by atoms with Gasteiger partial charge in [-0.2, -0.15) is 0 Å². The van der Waals surface area contributed by atoms with Gasteiger partial charge in [0.1, 0.15) is 5.75 Å². The molecule has 0 aliphatic carbocycles. The predicted molar refractivity (Wildman–Crippen MR) is 101 cm³/mol. The summed E-state index contributed by atoms with van der Waals surface area (Å²) in [7, 11) is 0. The number of para-hydroxylation sites is 1. The van der Waals surface area contributed by atoms with Crippen molar-refractivity contribution >= 4 is 11.8 Å². The molecule has 0 N–H and O–H groups in total. The van der Waals surface area contributed by atoms with Crippen LogP contribution in [0.25, 0.3) is 0 Å². The number of rotatable bonds is 7. The minimum Gasteiger partial charge on any atom is -0.493 e. The summed E-state index contributed by atoms with van der Waals surface area (Å²) in [4.78, 5) is 28.4. The van der Waals surface area contributed by atoms with Gasteiger partial charge >= 0.3 is 0 Å². The lowest BCUT2D eigenvalue weighted by Gasteiger charge is -2.32. The van der Waals surface area contributed by atoms with Crippen LogP contribution in [0, 0.1) is 5.92 Å². The van der Waals surface area contributed by atoms with Crippen LogP contribution in [0.1, 0.15) is 44.9 Å². The molecule has 0 saturated carbocycles. The summed E-state index contributed by atoms with van der Waals surface area (Å²) in [6.45, 7) is 3.93. The Bertz CT molecular complexity index is 576. The summed E-state index contributed by atoms with van der Waals surface area (Å²) in [6, 6.07) is 9.60. The van der Waals surface area contributed by atoms with Crippen molar-refractivity contribution in [2.75, 3.05) is 32.8 Å². The first-order valence-electron chi connectivity index (χ1n) is 9.96. The van der Waals surface area contributed by atoms with Crippen molar-refractivity contribution in [3.8, 4) is 5.75 Å². The van der Waals surface area contributed by atoms with Gasteiger partial charge in [-0.3, -0.25) is 9.59 Å². The molecule has 1 aromatic carbocycles. The van der Waals surface area contributed by atoms with Gasteiger partial charge in [0.2, 0.25) is 11.8 Å². The highest BCUT2D eigenvalue weighted by molar-refractivity contribution is 5.77. The van der Waals surface area contributed by atoms with Gasteiger partial charge in [-0.05, 0) is 50.2 Å². The van der Waals surface area contributed by atoms with Gasteiger partial charge in [-0.15, -0.1) is 0 Å². The van der Waals surface area contributed by atoms with Gasteiger partial charge in [-0.25, -0.2) is 0 Å². The monoisotopic (exact) mass is 358 g/mol. The molecule has 0 spiro atoms. The van der Waals surface area contributed by atoms with Crippen LogP contribution >= 0.6 is 0 Å². The van der Waals surface area contributed by atoms with Crippen molar-refractivity contribution in [1.29, 1.82) is 0 Å². The zero-order valence-electron chi connectivity index (χ0n) is 15.6. The maximum atomic E-state index is 12.3. The standard InChI is InChI=1S/C21H30N2O3/c24-20(22-13-4-5-14-22)9-8-18-10-15-23(16-11-18)21(25)12-17-26-19-6-2-1-3-7-19/h1-3,6-7,18H,4-5,8-17H2. The van der Waals surface area contributed by atoms with Crippen LogP contribution in [-0.2, 0) is 9.59 Å². The first kappa shape index (κ1) is 18.7. The fraction of sp³-hybridized carbons (Fsp3) is 0.619. The van der Waals surface area contributed by atoms with Gasteiger partial charge < -0.3 is 14.5 Å². The van der Waals surface area contributed by atoms with Crippen LogP contribution in [0.4, 0.5) is 0 Å². The lowest BCUT2D eigenvalue weighted by molar-refractivity contribution is -0.134. The number of hydrogen-bond acceptors (Lipinski definition) is 3. The van der Waals surface area contributed by atoms with Gasteiger partial charge in [-0.1, -0.05) is 18.2 Å². The Morgan fingerprint density at radius 3 is 2.19 bits per heavy atom. The molecule has 2 amide bonds. The molecule has 1 aromatic rings. The van der Waals surface area contributed by atoms with Crippen LogP contribution in [0.3, 0.4) is 0 Å². The van der Waals surface area contributed by atoms with Gasteiger partial charge in [0, 0.05) is 32.6 Å². The maximum Gasteiger partial charge on any atom is 0.225 e. The molecular formula is C21H30N2O3. The highest BCUT2D eigenvalue weighted by Crippen LogP contribution is 2.23. The molecule has 2 aliphatic rings. The molecule has 5 nitrogen and oxygen atoms in total. The number of piperidine rings is 1. The zero-order valence-corrected chi connectivity index (χ0v) is 15.6. The number of nitrogens with zero attached hydrogens (tertiary/aromatic N) is 2. The van der Waals surface area contributed by atoms with E-state index in [2.05, 4.69) is 0 Å². The lowest BCUT2D eigenvalue weighted by atomic mass is 9.92. The predicted octanol–water partition coefficient (Wildman–Crippen LogP) is 3.10. The van der Waals surface area contributed by atoms with Gasteiger partial charge in [0.05, 0.1) is 13.0 Å². The molecule has 0 radical (unpaired) electrons. The Kier molecular flexibility index (Phi) is 6.92. The third-order valence-electron chi connectivity index (χ3n) is 5.52. The highest BCUT2D eigenvalue weighted by atomic mass is 16.5. The normalized spacial score (nSPS) is 18.2. The minimum atomic E-state index is 0.174. The Labute approximate surface area is 156 Å². The fourth-order valence-electron chi connectivity index (χ4n) is 3.85. The van der Waals surface area contributed by atoms with E-state index in [4.69, 9.17) is 4.74 Å². The first-order valence-corrected chi connectivity index (χ1v) is 9.96. The summed E-state index contributed by atoms with van der Waals surface area (Å²) in [6.07, 6.45) is 6.39. The molecule has 0 unspecified atom stereocenters. The highest BCUT2D eigenvalue weighted by Gasteiger charge is 2.24. The van der Waals surface area contributed by atoms with Gasteiger partial charge in [0.15, 0.2) is 0 Å². The molecular weight excluding hydrogens is 328 g/mol. The largest absolute Gasteiger partial charge is 0.493 e. The number of ether oxygens (including phenoxy) is 1. The van der Waals surface area contributed by atoms with Crippen molar-refractivity contribution in [2.24, 2.45) is 5.92 Å². The Morgan fingerprint density at radius 2 is 1.50 bits per heavy atom. The summed E-state index contributed by atoms with van der Waals surface area (Å²) < 4.78 is 5.61. The molecule has 2 heterocycles. The van der Waals surface area contributed by atoms with Crippen LogP contribution < -0.4 is 4.74 Å². The summed E-state index contributed by atoms with van der Waals surface area (Å²) in [5.74, 6) is 1.87. The number of likely N-dealkylation sites (tertiary alicyclic amines) is 2. The Morgan fingerprint density at radius 1 is 0.885 bits per heavy atom. The van der Waals surface area contributed by atoms with Crippen LogP contribution in [0.15, 0.2) is 30.3 Å². The van der Waals surface area contributed by atoms with E-state index in [9.17, 15) is 9.59 Å². The van der Waals surface area contributed by atoms with E-state index >= 15 is 0 Å². The lowest BCUT2D eigenvalue weighted by Crippen LogP contribution is -2.39. The van der Waals surface area contributed by atoms with Crippen LogP contribution in [0.2, 0.25) is 0 Å². The van der Waals surface area contributed by atoms with Crippen LogP contribution in [-0.4, -0.2) is 54.4 Å². The van der Waals surface area contributed by atoms with Gasteiger partial charge in [0.25, 0.3) is 0 Å². The fourth-order valence-corrected chi connectivity index (χ4v) is 3.85. The van der Waals surface area contributed by atoms with E-state index in [1.807, 2.05) is 40.1 Å². The van der Waals surface area contributed by atoms with E-state index in [1.54, 1.807) is 0 Å². The first-order chi connectivity index (χ1) is 12.7. The van der Waals surface area contributed by atoms with Crippen molar-refractivity contribution in [3.63, 3.8) is 0 Å². The number of hydrogen-bond donors (Lipinski definition) is 0. The molecule has 0 bridgehead atoms. The third kappa shape index (κ3) is 5.48. The van der Waals surface area contributed by atoms with E-state index in [-0.39, 0.29) is 5.91 Å². The SMILES string of the molecule is O=C(CCC1CCN(C(=O)CCOc2ccccc2)CC1)N1CCCC1. The zero-order chi connectivity index (χ0) is 18.2.